The number of alkyl halides is 2. The van der Waals surface area contributed by atoms with E-state index in [2.05, 4.69) is 21.9 Å². The molecule has 4 nitrogen and oxygen atoms in total. The molecule has 0 spiro atoms. The average molecular weight is 328 g/mol. The molecule has 0 bridgehead atoms. The Hall–Kier alpha value is -1.40. The van der Waals surface area contributed by atoms with Gasteiger partial charge >= 0.3 is 6.61 Å². The molecule has 1 heterocycles. The van der Waals surface area contributed by atoms with Gasteiger partial charge in [0.25, 0.3) is 0 Å². The summed E-state index contributed by atoms with van der Waals surface area (Å²) in [5.41, 5.74) is 1.05. The maximum atomic E-state index is 12.3. The minimum absolute atomic E-state index is 0.0793. The second-order valence-corrected chi connectivity index (χ2v) is 5.89. The molecule has 1 aromatic rings. The molecule has 2 rings (SSSR count). The van der Waals surface area contributed by atoms with E-state index in [0.717, 1.165) is 44.2 Å². The lowest BCUT2D eigenvalue weighted by Gasteiger charge is -2.32. The van der Waals surface area contributed by atoms with Crippen LogP contribution in [0, 0.1) is 5.92 Å². The van der Waals surface area contributed by atoms with E-state index in [1.165, 1.54) is 20.0 Å². The van der Waals surface area contributed by atoms with Gasteiger partial charge in [-0.2, -0.15) is 8.78 Å². The van der Waals surface area contributed by atoms with E-state index >= 15 is 0 Å². The second kappa shape index (κ2) is 9.03. The molecule has 0 radical (unpaired) electrons. The summed E-state index contributed by atoms with van der Waals surface area (Å²) in [6, 6.07) is 5.16. The fourth-order valence-corrected chi connectivity index (χ4v) is 2.96. The van der Waals surface area contributed by atoms with Crippen molar-refractivity contribution in [1.82, 2.24) is 10.2 Å². The van der Waals surface area contributed by atoms with Crippen LogP contribution < -0.4 is 14.8 Å². The SMILES string of the molecule is CCNCC1CCN(Cc2ccc(OC(F)F)c(OC)c2)CC1. The van der Waals surface area contributed by atoms with Crippen molar-refractivity contribution in [3.8, 4) is 11.5 Å². The smallest absolute Gasteiger partial charge is 0.387 e. The predicted molar refractivity (Wildman–Crippen MR) is 86.2 cm³/mol. The van der Waals surface area contributed by atoms with Crippen LogP contribution in [0.4, 0.5) is 8.78 Å². The molecule has 0 atom stereocenters. The van der Waals surface area contributed by atoms with Crippen LogP contribution in [0.2, 0.25) is 0 Å². The van der Waals surface area contributed by atoms with Crippen LogP contribution in [-0.2, 0) is 6.54 Å². The number of piperidine rings is 1. The highest BCUT2D eigenvalue weighted by Gasteiger charge is 2.19. The van der Waals surface area contributed by atoms with Crippen molar-refractivity contribution in [2.45, 2.75) is 32.9 Å². The summed E-state index contributed by atoms with van der Waals surface area (Å²) in [6.45, 7) is 4.33. The topological polar surface area (TPSA) is 33.7 Å². The number of nitrogens with one attached hydrogen (secondary N) is 1. The van der Waals surface area contributed by atoms with Crippen molar-refractivity contribution >= 4 is 0 Å². The largest absolute Gasteiger partial charge is 0.493 e. The number of benzene rings is 1. The maximum absolute atomic E-state index is 12.3. The Labute approximate surface area is 136 Å². The van der Waals surface area contributed by atoms with E-state index in [9.17, 15) is 8.78 Å². The van der Waals surface area contributed by atoms with Gasteiger partial charge in [-0.05, 0) is 62.6 Å². The summed E-state index contributed by atoms with van der Waals surface area (Å²) in [6.07, 6.45) is 2.38. The molecular weight excluding hydrogens is 302 g/mol. The van der Waals surface area contributed by atoms with Crippen LogP contribution >= 0.6 is 0 Å². The number of hydrogen-bond donors (Lipinski definition) is 1. The molecule has 1 aromatic carbocycles. The lowest BCUT2D eigenvalue weighted by atomic mass is 9.96. The number of methoxy groups -OCH3 is 1. The van der Waals surface area contributed by atoms with E-state index < -0.39 is 6.61 Å². The quantitative estimate of drug-likeness (QED) is 0.795. The summed E-state index contributed by atoms with van der Waals surface area (Å²) in [5.74, 6) is 1.18. The van der Waals surface area contributed by atoms with Gasteiger partial charge in [0.15, 0.2) is 11.5 Å². The van der Waals surface area contributed by atoms with Crippen molar-refractivity contribution in [2.75, 3.05) is 33.3 Å². The number of ether oxygens (including phenoxy) is 2. The lowest BCUT2D eigenvalue weighted by Crippen LogP contribution is -2.36. The minimum atomic E-state index is -2.84. The Balaban J connectivity index is 1.88. The van der Waals surface area contributed by atoms with Crippen molar-refractivity contribution in [2.24, 2.45) is 5.92 Å². The first kappa shape index (κ1) is 17.9. The van der Waals surface area contributed by atoms with Gasteiger partial charge in [0.2, 0.25) is 0 Å². The number of rotatable bonds is 8. The Bertz CT molecular complexity index is 478. The van der Waals surface area contributed by atoms with E-state index in [4.69, 9.17) is 4.74 Å². The summed E-state index contributed by atoms with van der Waals surface area (Å²) in [7, 11) is 1.46. The Morgan fingerprint density at radius 3 is 2.61 bits per heavy atom. The molecule has 23 heavy (non-hydrogen) atoms. The van der Waals surface area contributed by atoms with E-state index in [-0.39, 0.29) is 5.75 Å². The monoisotopic (exact) mass is 328 g/mol. The van der Waals surface area contributed by atoms with Crippen LogP contribution in [0.15, 0.2) is 18.2 Å². The van der Waals surface area contributed by atoms with E-state index in [0.29, 0.717) is 5.75 Å². The lowest BCUT2D eigenvalue weighted by molar-refractivity contribution is -0.0512. The van der Waals surface area contributed by atoms with Gasteiger partial charge in [-0.3, -0.25) is 4.90 Å². The fourth-order valence-electron chi connectivity index (χ4n) is 2.96. The first-order chi connectivity index (χ1) is 11.1. The average Bonchev–Trinajstić information content (AvgIpc) is 2.55. The molecule has 0 unspecified atom stereocenters. The molecule has 1 saturated heterocycles. The normalized spacial score (nSPS) is 16.7. The number of halogens is 2. The summed E-state index contributed by atoms with van der Waals surface area (Å²) < 4.78 is 34.3. The summed E-state index contributed by atoms with van der Waals surface area (Å²) >= 11 is 0. The van der Waals surface area contributed by atoms with Gasteiger partial charge in [0, 0.05) is 6.54 Å². The third-order valence-corrected chi connectivity index (χ3v) is 4.24. The van der Waals surface area contributed by atoms with Crippen LogP contribution in [-0.4, -0.2) is 44.8 Å². The second-order valence-electron chi connectivity index (χ2n) is 5.89. The molecule has 0 saturated carbocycles. The molecular formula is C17H26F2N2O2. The van der Waals surface area contributed by atoms with Crippen LogP contribution in [0.25, 0.3) is 0 Å². The zero-order valence-corrected chi connectivity index (χ0v) is 13.9. The standard InChI is InChI=1S/C17H26F2N2O2/c1-3-20-11-13-6-8-21(9-7-13)12-14-4-5-15(23-17(18)19)16(10-14)22-2/h4-5,10,13,17,20H,3,6-9,11-12H2,1-2H3. The molecule has 1 aliphatic heterocycles. The third-order valence-electron chi connectivity index (χ3n) is 4.24. The number of likely N-dealkylation sites (tertiary alicyclic amines) is 1. The summed E-state index contributed by atoms with van der Waals surface area (Å²) in [4.78, 5) is 2.39. The Kier molecular flexibility index (Phi) is 7.05. The highest BCUT2D eigenvalue weighted by Crippen LogP contribution is 2.30. The molecule has 1 N–H and O–H groups in total. The highest BCUT2D eigenvalue weighted by atomic mass is 19.3. The Morgan fingerprint density at radius 2 is 2.00 bits per heavy atom. The van der Waals surface area contributed by atoms with Gasteiger partial charge in [0.1, 0.15) is 0 Å². The minimum Gasteiger partial charge on any atom is -0.493 e. The molecule has 1 fully saturated rings. The molecule has 0 amide bonds. The van der Waals surface area contributed by atoms with Gasteiger partial charge in [-0.1, -0.05) is 13.0 Å². The summed E-state index contributed by atoms with van der Waals surface area (Å²) in [5, 5.41) is 3.41. The fraction of sp³-hybridized carbons (Fsp3) is 0.647. The first-order valence-corrected chi connectivity index (χ1v) is 8.17. The van der Waals surface area contributed by atoms with Crippen LogP contribution in [0.1, 0.15) is 25.3 Å². The van der Waals surface area contributed by atoms with Crippen LogP contribution in [0.5, 0.6) is 11.5 Å². The van der Waals surface area contributed by atoms with Gasteiger partial charge in [0.05, 0.1) is 7.11 Å². The number of hydrogen-bond acceptors (Lipinski definition) is 4. The van der Waals surface area contributed by atoms with Crippen molar-refractivity contribution in [3.63, 3.8) is 0 Å². The first-order valence-electron chi connectivity index (χ1n) is 8.17. The molecule has 6 heteroatoms. The predicted octanol–water partition coefficient (Wildman–Crippen LogP) is 3.12. The molecule has 1 aliphatic rings. The van der Waals surface area contributed by atoms with Gasteiger partial charge in [-0.15, -0.1) is 0 Å². The maximum Gasteiger partial charge on any atom is 0.387 e. The molecule has 0 aliphatic carbocycles. The van der Waals surface area contributed by atoms with Crippen LogP contribution in [0.3, 0.4) is 0 Å². The van der Waals surface area contributed by atoms with Crippen molar-refractivity contribution in [1.29, 1.82) is 0 Å². The molecule has 0 aromatic heterocycles. The molecule has 130 valence electrons. The van der Waals surface area contributed by atoms with E-state index in [1.807, 2.05) is 6.07 Å². The third kappa shape index (κ3) is 5.62. The zero-order valence-electron chi connectivity index (χ0n) is 13.9. The van der Waals surface area contributed by atoms with E-state index in [1.54, 1.807) is 12.1 Å². The van der Waals surface area contributed by atoms with Crippen molar-refractivity contribution in [3.05, 3.63) is 23.8 Å². The van der Waals surface area contributed by atoms with Crippen molar-refractivity contribution < 1.29 is 18.3 Å². The Morgan fingerprint density at radius 1 is 1.26 bits per heavy atom. The van der Waals surface area contributed by atoms with Gasteiger partial charge < -0.3 is 14.8 Å². The number of nitrogens with zero attached hydrogens (tertiary/aromatic N) is 1. The zero-order chi connectivity index (χ0) is 16.7. The highest BCUT2D eigenvalue weighted by molar-refractivity contribution is 5.43. The van der Waals surface area contributed by atoms with Gasteiger partial charge in [-0.25, -0.2) is 0 Å².